The number of nitrogens with zero attached hydrogens (tertiary/aromatic N) is 2. The number of nitrogens with one attached hydrogen (secondary N) is 1. The van der Waals surface area contributed by atoms with Crippen LogP contribution in [0.1, 0.15) is 39.2 Å². The number of aromatic nitrogens is 2. The smallest absolute Gasteiger partial charge is 0.124 e. The Morgan fingerprint density at radius 2 is 2.39 bits per heavy atom. The molecular formula is C13H17N3S2. The van der Waals surface area contributed by atoms with Crippen LogP contribution in [0, 0.1) is 0 Å². The van der Waals surface area contributed by atoms with Crippen molar-refractivity contribution in [3.05, 3.63) is 31.9 Å². The molecule has 1 aliphatic rings. The highest BCUT2D eigenvalue weighted by Gasteiger charge is 2.25. The van der Waals surface area contributed by atoms with Crippen molar-refractivity contribution in [2.45, 2.75) is 31.6 Å². The van der Waals surface area contributed by atoms with E-state index in [0.717, 1.165) is 18.0 Å². The Morgan fingerprint density at radius 3 is 3.28 bits per heavy atom. The summed E-state index contributed by atoms with van der Waals surface area (Å²) in [5, 5.41) is 16.5. The third-order valence-electron chi connectivity index (χ3n) is 3.42. The molecule has 0 aliphatic heterocycles. The first-order valence-electron chi connectivity index (χ1n) is 6.41. The predicted molar refractivity (Wildman–Crippen MR) is 76.6 cm³/mol. The number of thiophene rings is 1. The van der Waals surface area contributed by atoms with Gasteiger partial charge in [0.15, 0.2) is 0 Å². The number of hydrogen-bond donors (Lipinski definition) is 1. The van der Waals surface area contributed by atoms with E-state index in [1.54, 1.807) is 16.2 Å². The Hall–Kier alpha value is -0.780. The van der Waals surface area contributed by atoms with Crippen LogP contribution in [0.3, 0.4) is 0 Å². The van der Waals surface area contributed by atoms with E-state index in [1.807, 2.05) is 18.4 Å². The van der Waals surface area contributed by atoms with Crippen LogP contribution in [-0.2, 0) is 12.8 Å². The van der Waals surface area contributed by atoms with Crippen molar-refractivity contribution in [2.75, 3.05) is 13.6 Å². The van der Waals surface area contributed by atoms with Crippen molar-refractivity contribution in [3.8, 4) is 0 Å². The molecule has 5 heteroatoms. The summed E-state index contributed by atoms with van der Waals surface area (Å²) < 4.78 is 0. The van der Waals surface area contributed by atoms with Gasteiger partial charge in [-0.05, 0) is 43.3 Å². The first kappa shape index (κ1) is 12.3. The van der Waals surface area contributed by atoms with E-state index in [9.17, 15) is 0 Å². The summed E-state index contributed by atoms with van der Waals surface area (Å²) in [4.78, 5) is 1.55. The summed E-state index contributed by atoms with van der Waals surface area (Å²) in [5.74, 6) is 0.501. The molecule has 0 aromatic carbocycles. The molecule has 1 unspecified atom stereocenters. The Kier molecular flexibility index (Phi) is 3.72. The highest BCUT2D eigenvalue weighted by molar-refractivity contribution is 7.11. The van der Waals surface area contributed by atoms with Gasteiger partial charge in [-0.1, -0.05) is 0 Å². The third-order valence-corrected chi connectivity index (χ3v) is 5.51. The lowest BCUT2D eigenvalue weighted by atomic mass is 9.88. The summed E-state index contributed by atoms with van der Waals surface area (Å²) in [6, 6.07) is 2.28. The van der Waals surface area contributed by atoms with Crippen molar-refractivity contribution >= 4 is 22.7 Å². The Bertz CT molecular complexity index is 518. The average molecular weight is 279 g/mol. The number of likely N-dealkylation sites (N-methyl/N-ethyl adjacent to an activating group) is 1. The molecule has 3 rings (SSSR count). The molecule has 2 aromatic rings. The van der Waals surface area contributed by atoms with Crippen LogP contribution in [-0.4, -0.2) is 23.8 Å². The number of aryl methyl sites for hydroxylation is 1. The fraction of sp³-hybridized carbons (Fsp3) is 0.538. The largest absolute Gasteiger partial charge is 0.319 e. The molecule has 0 saturated heterocycles. The van der Waals surface area contributed by atoms with Gasteiger partial charge < -0.3 is 5.32 Å². The second-order valence-corrected chi connectivity index (χ2v) is 6.73. The SMILES string of the molecule is CNCCc1nnc(C2CCCc3sccc32)s1. The maximum absolute atomic E-state index is 4.42. The van der Waals surface area contributed by atoms with Crippen LogP contribution < -0.4 is 5.32 Å². The van der Waals surface area contributed by atoms with Crippen molar-refractivity contribution in [2.24, 2.45) is 0 Å². The minimum atomic E-state index is 0.501. The molecule has 0 bridgehead atoms. The highest BCUT2D eigenvalue weighted by atomic mass is 32.1. The zero-order chi connectivity index (χ0) is 12.4. The van der Waals surface area contributed by atoms with Gasteiger partial charge >= 0.3 is 0 Å². The van der Waals surface area contributed by atoms with E-state index in [1.165, 1.54) is 29.8 Å². The highest BCUT2D eigenvalue weighted by Crippen LogP contribution is 2.39. The number of hydrogen-bond acceptors (Lipinski definition) is 5. The first-order valence-corrected chi connectivity index (χ1v) is 8.11. The van der Waals surface area contributed by atoms with Crippen LogP contribution in [0.5, 0.6) is 0 Å². The third kappa shape index (κ3) is 2.35. The van der Waals surface area contributed by atoms with Gasteiger partial charge in [-0.25, -0.2) is 0 Å². The molecule has 0 fully saturated rings. The Labute approximate surface area is 115 Å². The molecule has 0 spiro atoms. The maximum Gasteiger partial charge on any atom is 0.124 e. The molecule has 3 nitrogen and oxygen atoms in total. The summed E-state index contributed by atoms with van der Waals surface area (Å²) in [7, 11) is 1.97. The molecule has 96 valence electrons. The maximum atomic E-state index is 4.42. The molecule has 1 aliphatic carbocycles. The lowest BCUT2D eigenvalue weighted by Gasteiger charge is -2.19. The van der Waals surface area contributed by atoms with Crippen LogP contribution in [0.4, 0.5) is 0 Å². The lowest BCUT2D eigenvalue weighted by molar-refractivity contribution is 0.617. The van der Waals surface area contributed by atoms with Crippen molar-refractivity contribution in [1.29, 1.82) is 0 Å². The van der Waals surface area contributed by atoms with Gasteiger partial charge in [-0.2, -0.15) is 0 Å². The Balaban J connectivity index is 1.82. The topological polar surface area (TPSA) is 37.8 Å². The number of fused-ring (bicyclic) bond motifs is 1. The van der Waals surface area contributed by atoms with Gasteiger partial charge in [0.2, 0.25) is 0 Å². The molecule has 0 radical (unpaired) electrons. The van der Waals surface area contributed by atoms with E-state index in [4.69, 9.17) is 0 Å². The molecule has 0 amide bonds. The van der Waals surface area contributed by atoms with Gasteiger partial charge in [0.25, 0.3) is 0 Å². The summed E-state index contributed by atoms with van der Waals surface area (Å²) in [6.07, 6.45) is 4.74. The quantitative estimate of drug-likeness (QED) is 0.935. The molecular weight excluding hydrogens is 262 g/mol. The summed E-state index contributed by atoms with van der Waals surface area (Å²) in [6.45, 7) is 0.975. The van der Waals surface area contributed by atoms with Crippen molar-refractivity contribution in [1.82, 2.24) is 15.5 Å². The van der Waals surface area contributed by atoms with E-state index in [-0.39, 0.29) is 0 Å². The van der Waals surface area contributed by atoms with Crippen LogP contribution in [0.2, 0.25) is 0 Å². The first-order chi connectivity index (χ1) is 8.88. The van der Waals surface area contributed by atoms with Gasteiger partial charge in [-0.3, -0.25) is 0 Å². The fourth-order valence-electron chi connectivity index (χ4n) is 2.48. The Morgan fingerprint density at radius 1 is 1.44 bits per heavy atom. The average Bonchev–Trinajstić information content (AvgIpc) is 3.04. The van der Waals surface area contributed by atoms with Crippen molar-refractivity contribution < 1.29 is 0 Å². The summed E-state index contributed by atoms with van der Waals surface area (Å²) in [5.41, 5.74) is 1.50. The second kappa shape index (κ2) is 5.47. The van der Waals surface area contributed by atoms with E-state index >= 15 is 0 Å². The predicted octanol–water partition coefficient (Wildman–Crippen LogP) is 2.83. The van der Waals surface area contributed by atoms with Crippen molar-refractivity contribution in [3.63, 3.8) is 0 Å². The normalized spacial score (nSPS) is 18.8. The minimum Gasteiger partial charge on any atom is -0.319 e. The zero-order valence-electron chi connectivity index (χ0n) is 10.5. The summed E-state index contributed by atoms with van der Waals surface area (Å²) >= 11 is 3.68. The van der Waals surface area contributed by atoms with Crippen LogP contribution in [0.15, 0.2) is 11.4 Å². The molecule has 2 aromatic heterocycles. The van der Waals surface area contributed by atoms with Gasteiger partial charge in [-0.15, -0.1) is 32.9 Å². The van der Waals surface area contributed by atoms with Gasteiger partial charge in [0.1, 0.15) is 10.0 Å². The standard InChI is InChI=1S/C13H17N3S2/c1-14-7-5-12-15-16-13(18-12)10-3-2-4-11-9(10)6-8-17-11/h6,8,10,14H,2-5,7H2,1H3. The fourth-order valence-corrected chi connectivity index (χ4v) is 4.47. The van der Waals surface area contributed by atoms with E-state index < -0.39 is 0 Å². The minimum absolute atomic E-state index is 0.501. The lowest BCUT2D eigenvalue weighted by Crippen LogP contribution is -2.09. The monoisotopic (exact) mass is 279 g/mol. The van der Waals surface area contributed by atoms with Crippen LogP contribution in [0.25, 0.3) is 0 Å². The van der Waals surface area contributed by atoms with Gasteiger partial charge in [0.05, 0.1) is 0 Å². The molecule has 1 atom stereocenters. The zero-order valence-corrected chi connectivity index (χ0v) is 12.1. The molecule has 0 saturated carbocycles. The van der Waals surface area contributed by atoms with E-state index in [2.05, 4.69) is 27.0 Å². The molecule has 1 N–H and O–H groups in total. The van der Waals surface area contributed by atoms with E-state index in [0.29, 0.717) is 5.92 Å². The second-order valence-electron chi connectivity index (χ2n) is 4.63. The van der Waals surface area contributed by atoms with Crippen LogP contribution >= 0.6 is 22.7 Å². The van der Waals surface area contributed by atoms with Gasteiger partial charge in [0, 0.05) is 23.8 Å². The number of rotatable bonds is 4. The molecule has 2 heterocycles. The molecule has 18 heavy (non-hydrogen) atoms.